The van der Waals surface area contributed by atoms with Gasteiger partial charge >= 0.3 is 12.4 Å². The van der Waals surface area contributed by atoms with Gasteiger partial charge < -0.3 is 0 Å². The highest BCUT2D eigenvalue weighted by Crippen LogP contribution is 2.37. The van der Waals surface area contributed by atoms with Crippen LogP contribution in [0, 0.1) is 11.3 Å². The van der Waals surface area contributed by atoms with Crippen molar-refractivity contribution in [1.29, 1.82) is 5.26 Å². The summed E-state index contributed by atoms with van der Waals surface area (Å²) >= 11 is 0.762. The monoisotopic (exact) mass is 427 g/mol. The van der Waals surface area contributed by atoms with E-state index < -0.39 is 44.0 Å². The van der Waals surface area contributed by atoms with Crippen LogP contribution in [0.1, 0.15) is 11.1 Å². The average molecular weight is 427 g/mol. The third-order valence-corrected chi connectivity index (χ3v) is 5.95. The molecule has 144 valence electrons. The highest BCUT2D eigenvalue weighted by molar-refractivity contribution is 8.08. The van der Waals surface area contributed by atoms with Crippen molar-refractivity contribution in [2.45, 2.75) is 16.6 Å². The average Bonchev–Trinajstić information content (AvgIpc) is 3.08. The first-order valence-electron chi connectivity index (χ1n) is 6.67. The van der Waals surface area contributed by atoms with Crippen LogP contribution in [0.3, 0.4) is 0 Å². The number of anilines is 1. The Morgan fingerprint density at radius 1 is 1.07 bits per heavy atom. The van der Waals surface area contributed by atoms with Gasteiger partial charge in [-0.1, -0.05) is 6.07 Å². The molecule has 0 atom stereocenters. The van der Waals surface area contributed by atoms with Crippen LogP contribution < -0.4 is 5.43 Å². The molecule has 27 heavy (non-hydrogen) atoms. The Kier molecular flexibility index (Phi) is 5.52. The number of hydrogen-bond donors (Lipinski definition) is 1. The normalized spacial score (nSPS) is 13.3. The van der Waals surface area contributed by atoms with E-state index in [2.05, 4.69) is 5.10 Å². The molecule has 0 radical (unpaired) electrons. The number of sulfone groups is 1. The highest BCUT2D eigenvalue weighted by atomic mass is 32.2. The molecule has 0 aliphatic heterocycles. The summed E-state index contributed by atoms with van der Waals surface area (Å²) in [6.07, 6.45) is -10.2. The SMILES string of the molecule is N#C/C(=N/Nc1cc(C(F)(F)F)cc(C(F)(F)F)c1)S(=O)(=O)c1cccs1. The van der Waals surface area contributed by atoms with Gasteiger partial charge in [0.15, 0.2) is 0 Å². The van der Waals surface area contributed by atoms with Gasteiger partial charge in [0.2, 0.25) is 9.84 Å². The third kappa shape index (κ3) is 4.77. The Hall–Kier alpha value is -2.59. The molecule has 0 aliphatic rings. The quantitative estimate of drug-likeness (QED) is 0.338. The molecule has 13 heteroatoms. The van der Waals surface area contributed by atoms with Gasteiger partial charge in [0.05, 0.1) is 16.8 Å². The Labute approximate surface area is 152 Å². The molecular formula is C14H7F6N3O2S2. The Morgan fingerprint density at radius 2 is 1.63 bits per heavy atom. The lowest BCUT2D eigenvalue weighted by molar-refractivity contribution is -0.143. The fourth-order valence-electron chi connectivity index (χ4n) is 1.79. The summed E-state index contributed by atoms with van der Waals surface area (Å²) in [4.78, 5) is 0. The van der Waals surface area contributed by atoms with Gasteiger partial charge in [0, 0.05) is 0 Å². The molecule has 0 saturated carbocycles. The molecule has 2 aromatic rings. The first-order chi connectivity index (χ1) is 12.4. The van der Waals surface area contributed by atoms with Crippen molar-refractivity contribution in [3.63, 3.8) is 0 Å². The van der Waals surface area contributed by atoms with E-state index >= 15 is 0 Å². The number of nitrogens with zero attached hydrogens (tertiary/aromatic N) is 2. The first-order valence-corrected chi connectivity index (χ1v) is 9.04. The largest absolute Gasteiger partial charge is 0.416 e. The second-order valence-corrected chi connectivity index (χ2v) is 7.91. The number of nitriles is 1. The molecule has 0 bridgehead atoms. The minimum Gasteiger partial charge on any atom is -0.276 e. The summed E-state index contributed by atoms with van der Waals surface area (Å²) in [5.74, 6) is 0. The summed E-state index contributed by atoms with van der Waals surface area (Å²) in [5.41, 5.74) is -2.24. The van der Waals surface area contributed by atoms with E-state index in [-0.39, 0.29) is 10.3 Å². The van der Waals surface area contributed by atoms with Gasteiger partial charge in [-0.3, -0.25) is 5.43 Å². The van der Waals surface area contributed by atoms with E-state index in [0.29, 0.717) is 12.1 Å². The topological polar surface area (TPSA) is 82.3 Å². The number of halogens is 6. The van der Waals surface area contributed by atoms with Gasteiger partial charge in [-0.25, -0.2) is 8.42 Å². The zero-order valence-electron chi connectivity index (χ0n) is 12.8. The predicted octanol–water partition coefficient (Wildman–Crippen LogP) is 4.51. The van der Waals surface area contributed by atoms with Crippen molar-refractivity contribution in [3.05, 3.63) is 46.8 Å². The molecule has 1 aromatic heterocycles. The van der Waals surface area contributed by atoms with Crippen molar-refractivity contribution in [3.8, 4) is 6.07 Å². The molecular weight excluding hydrogens is 420 g/mol. The van der Waals surface area contributed by atoms with Gasteiger partial charge in [-0.2, -0.15) is 36.7 Å². The summed E-state index contributed by atoms with van der Waals surface area (Å²) in [6, 6.07) is 4.32. The molecule has 1 N–H and O–H groups in total. The molecule has 1 aromatic carbocycles. The molecule has 0 fully saturated rings. The molecule has 5 nitrogen and oxygen atoms in total. The zero-order chi connectivity index (χ0) is 20.5. The van der Waals surface area contributed by atoms with Gasteiger partial charge in [-0.15, -0.1) is 11.3 Å². The lowest BCUT2D eigenvalue weighted by Gasteiger charge is -2.13. The van der Waals surface area contributed by atoms with Crippen molar-refractivity contribution < 1.29 is 34.8 Å². The van der Waals surface area contributed by atoms with Crippen molar-refractivity contribution in [2.24, 2.45) is 5.10 Å². The molecule has 0 unspecified atom stereocenters. The highest BCUT2D eigenvalue weighted by Gasteiger charge is 2.37. The number of benzene rings is 1. The Balaban J connectivity index is 2.47. The second kappa shape index (κ2) is 7.20. The van der Waals surface area contributed by atoms with Crippen LogP contribution in [0.2, 0.25) is 0 Å². The van der Waals surface area contributed by atoms with E-state index in [9.17, 15) is 34.8 Å². The summed E-state index contributed by atoms with van der Waals surface area (Å²) in [7, 11) is -4.35. The van der Waals surface area contributed by atoms with Crippen LogP contribution in [-0.2, 0) is 22.2 Å². The van der Waals surface area contributed by atoms with Crippen molar-refractivity contribution in [1.82, 2.24) is 0 Å². The van der Waals surface area contributed by atoms with Crippen LogP contribution in [0.15, 0.2) is 45.0 Å². The van der Waals surface area contributed by atoms with E-state index in [1.54, 1.807) is 5.43 Å². The standard InChI is InChI=1S/C14H7F6N3O2S2/c15-13(16,17)8-4-9(14(18,19)20)6-10(5-8)22-23-11(7-21)27(24,25)12-2-1-3-26-12/h1-6,22H/b23-11-. The minimum absolute atomic E-state index is 0.0948. The number of alkyl halides is 6. The molecule has 2 rings (SSSR count). The minimum atomic E-state index is -5.08. The van der Waals surface area contributed by atoms with E-state index in [0.717, 1.165) is 11.3 Å². The van der Waals surface area contributed by atoms with E-state index in [4.69, 9.17) is 5.26 Å². The number of rotatable bonds is 3. The number of hydrazone groups is 1. The van der Waals surface area contributed by atoms with Crippen molar-refractivity contribution in [2.75, 3.05) is 5.43 Å². The summed E-state index contributed by atoms with van der Waals surface area (Å²) in [6.45, 7) is 0. The molecule has 1 heterocycles. The Bertz CT molecular complexity index is 971. The molecule has 0 saturated heterocycles. The molecule has 0 amide bonds. The number of thiophene rings is 1. The van der Waals surface area contributed by atoms with E-state index in [1.165, 1.54) is 23.6 Å². The van der Waals surface area contributed by atoms with Gasteiger partial charge in [-0.05, 0) is 29.6 Å². The molecule has 0 aliphatic carbocycles. The molecule has 0 spiro atoms. The predicted molar refractivity (Wildman–Crippen MR) is 84.6 cm³/mol. The lowest BCUT2D eigenvalue weighted by Crippen LogP contribution is -2.15. The second-order valence-electron chi connectivity index (χ2n) is 4.87. The Morgan fingerprint density at radius 3 is 2.04 bits per heavy atom. The number of nitrogens with one attached hydrogen (secondary N) is 1. The fourth-order valence-corrected chi connectivity index (χ4v) is 3.88. The van der Waals surface area contributed by atoms with Gasteiger partial charge in [0.1, 0.15) is 10.3 Å². The zero-order valence-corrected chi connectivity index (χ0v) is 14.4. The number of hydrogen-bond acceptors (Lipinski definition) is 6. The summed E-state index contributed by atoms with van der Waals surface area (Å²) in [5, 5.41) is 12.4. The van der Waals surface area contributed by atoms with Gasteiger partial charge in [0.25, 0.3) is 5.04 Å². The van der Waals surface area contributed by atoms with Crippen LogP contribution in [-0.4, -0.2) is 13.5 Å². The maximum absolute atomic E-state index is 12.8. The van der Waals surface area contributed by atoms with Crippen molar-refractivity contribution >= 4 is 31.9 Å². The van der Waals surface area contributed by atoms with Crippen LogP contribution in [0.4, 0.5) is 32.0 Å². The van der Waals surface area contributed by atoms with Crippen LogP contribution >= 0.6 is 11.3 Å². The van der Waals surface area contributed by atoms with Crippen LogP contribution in [0.25, 0.3) is 0 Å². The maximum atomic E-state index is 12.8. The van der Waals surface area contributed by atoms with Crippen LogP contribution in [0.5, 0.6) is 0 Å². The van der Waals surface area contributed by atoms with E-state index in [1.807, 2.05) is 0 Å². The first kappa shape index (κ1) is 20.7. The third-order valence-electron chi connectivity index (χ3n) is 2.98. The lowest BCUT2D eigenvalue weighted by atomic mass is 10.1. The fraction of sp³-hybridized carbons (Fsp3) is 0.143. The summed E-state index contributed by atoms with van der Waals surface area (Å²) < 4.78 is 101. The smallest absolute Gasteiger partial charge is 0.276 e. The maximum Gasteiger partial charge on any atom is 0.416 e.